The number of benzene rings is 3. The van der Waals surface area contributed by atoms with Gasteiger partial charge in [0, 0.05) is 29.7 Å². The number of rotatable bonds is 12. The molecule has 3 aromatic rings. The molecule has 9 heteroatoms. The van der Waals surface area contributed by atoms with Crippen LogP contribution in [0.4, 0.5) is 28.9 Å². The molecule has 1 amide bonds. The molecule has 1 atom stereocenters. The Morgan fingerprint density at radius 2 is 1.72 bits per heavy atom. The van der Waals surface area contributed by atoms with Crippen molar-refractivity contribution in [3.63, 3.8) is 0 Å². The normalized spacial score (nSPS) is 14.6. The second kappa shape index (κ2) is 15.6. The number of hydrogen-bond acceptors (Lipinski definition) is 4. The standard InChI is InChI=1S/C19H21FN2O.C18H21F3N2/c20-17-9-8-16(12-18(17)22-13-23)19(21,11-10-14-6-7-14)15-4-2-1-3-5-15;1-6-7-15-8-9-16(11-17(15)14(4)22)23(5)13(3)10-12(2)18(19,20)21/h1-5,8-9,12-14H,6-7,10-11,21H2,(H,22,23);6-11H,2,4,22H2,1,3,5H3/b;7-6-,13-10-. The van der Waals surface area contributed by atoms with Gasteiger partial charge in [-0.3, -0.25) is 4.79 Å². The SMILES string of the molecule is C=C(N)c1cc(N(C)/C(C)=C\C(=C)C(F)(F)F)ccc1/C=C\C.NC(CCC1CC1)(c1ccccc1)c1ccc(F)c(NC=O)c1. The summed E-state index contributed by atoms with van der Waals surface area (Å²) in [6, 6.07) is 20.1. The molecule has 0 bridgehead atoms. The Balaban J connectivity index is 0.000000250. The molecule has 1 unspecified atom stereocenters. The van der Waals surface area contributed by atoms with E-state index in [0.717, 1.165) is 47.1 Å². The van der Waals surface area contributed by atoms with Crippen LogP contribution in [0.1, 0.15) is 61.8 Å². The monoisotopic (exact) mass is 634 g/mol. The first-order chi connectivity index (χ1) is 21.7. The Morgan fingerprint density at radius 3 is 2.28 bits per heavy atom. The van der Waals surface area contributed by atoms with Crippen molar-refractivity contribution in [3.8, 4) is 0 Å². The van der Waals surface area contributed by atoms with E-state index in [2.05, 4.69) is 18.5 Å². The Hall–Kier alpha value is -4.63. The van der Waals surface area contributed by atoms with Gasteiger partial charge in [-0.15, -0.1) is 0 Å². The molecule has 244 valence electrons. The quantitative estimate of drug-likeness (QED) is 0.106. The number of alkyl halides is 3. The minimum absolute atomic E-state index is 0.162. The lowest BCUT2D eigenvalue weighted by molar-refractivity contribution is -0.105. The summed E-state index contributed by atoms with van der Waals surface area (Å²) in [4.78, 5) is 12.3. The van der Waals surface area contributed by atoms with Crippen molar-refractivity contribution in [1.82, 2.24) is 0 Å². The summed E-state index contributed by atoms with van der Waals surface area (Å²) < 4.78 is 51.6. The largest absolute Gasteiger partial charge is 0.415 e. The minimum Gasteiger partial charge on any atom is -0.399 e. The average Bonchev–Trinajstić information content (AvgIpc) is 3.86. The highest BCUT2D eigenvalue weighted by atomic mass is 19.4. The van der Waals surface area contributed by atoms with Crippen molar-refractivity contribution >= 4 is 29.6 Å². The number of carbonyl (C=O) groups excluding carboxylic acids is 1. The number of amides is 1. The topological polar surface area (TPSA) is 84.4 Å². The summed E-state index contributed by atoms with van der Waals surface area (Å²) >= 11 is 0. The number of anilines is 2. The van der Waals surface area contributed by atoms with Crippen LogP contribution >= 0.6 is 0 Å². The maximum Gasteiger partial charge on any atom is 0.415 e. The second-order valence-corrected chi connectivity index (χ2v) is 11.4. The fourth-order valence-corrected chi connectivity index (χ4v) is 5.00. The van der Waals surface area contributed by atoms with E-state index in [1.54, 1.807) is 37.1 Å². The van der Waals surface area contributed by atoms with Crippen LogP contribution in [0.15, 0.2) is 103 Å². The third-order valence-corrected chi connectivity index (χ3v) is 8.02. The summed E-state index contributed by atoms with van der Waals surface area (Å²) in [5.74, 6) is 0.299. The molecule has 5 N–H and O–H groups in total. The Kier molecular flexibility index (Phi) is 12.1. The van der Waals surface area contributed by atoms with E-state index in [0.29, 0.717) is 23.5 Å². The molecule has 0 saturated heterocycles. The molecule has 1 aliphatic carbocycles. The lowest BCUT2D eigenvalue weighted by Crippen LogP contribution is -2.38. The molecule has 0 aliphatic heterocycles. The van der Waals surface area contributed by atoms with Gasteiger partial charge in [0.2, 0.25) is 6.41 Å². The van der Waals surface area contributed by atoms with Gasteiger partial charge < -0.3 is 21.7 Å². The van der Waals surface area contributed by atoms with Gasteiger partial charge in [-0.2, -0.15) is 13.2 Å². The van der Waals surface area contributed by atoms with Gasteiger partial charge in [0.1, 0.15) is 5.82 Å². The third-order valence-electron chi connectivity index (χ3n) is 8.02. The summed E-state index contributed by atoms with van der Waals surface area (Å²) in [5, 5.41) is 2.41. The number of allylic oxidation sites excluding steroid dienone is 4. The van der Waals surface area contributed by atoms with Crippen LogP contribution < -0.4 is 21.7 Å². The second-order valence-electron chi connectivity index (χ2n) is 11.4. The first-order valence-corrected chi connectivity index (χ1v) is 15.0. The average molecular weight is 635 g/mol. The van der Waals surface area contributed by atoms with Crippen molar-refractivity contribution < 1.29 is 22.4 Å². The van der Waals surface area contributed by atoms with Crippen molar-refractivity contribution in [3.05, 3.63) is 131 Å². The molecule has 0 spiro atoms. The molecule has 5 nitrogen and oxygen atoms in total. The molecule has 1 saturated carbocycles. The van der Waals surface area contributed by atoms with E-state index in [9.17, 15) is 22.4 Å². The van der Waals surface area contributed by atoms with E-state index in [1.165, 1.54) is 18.9 Å². The smallest absolute Gasteiger partial charge is 0.399 e. The molecule has 0 aromatic heterocycles. The van der Waals surface area contributed by atoms with Crippen LogP contribution in [-0.2, 0) is 10.3 Å². The van der Waals surface area contributed by atoms with Crippen LogP contribution in [0.25, 0.3) is 11.8 Å². The maximum absolute atomic E-state index is 13.8. The van der Waals surface area contributed by atoms with E-state index in [-0.39, 0.29) is 5.69 Å². The number of nitrogens with zero attached hydrogens (tertiary/aromatic N) is 1. The Morgan fingerprint density at radius 1 is 1.04 bits per heavy atom. The van der Waals surface area contributed by atoms with Crippen molar-refractivity contribution in [2.75, 3.05) is 17.3 Å². The Bertz CT molecular complexity index is 1590. The van der Waals surface area contributed by atoms with Gasteiger partial charge in [-0.1, -0.05) is 80.6 Å². The predicted octanol–water partition coefficient (Wildman–Crippen LogP) is 8.89. The molecular formula is C37H42F4N4O. The number of halogens is 4. The van der Waals surface area contributed by atoms with Gasteiger partial charge in [0.25, 0.3) is 0 Å². The molecule has 4 rings (SSSR count). The number of hydrogen-bond donors (Lipinski definition) is 3. The lowest BCUT2D eigenvalue weighted by atomic mass is 9.79. The van der Waals surface area contributed by atoms with Crippen LogP contribution in [0.3, 0.4) is 0 Å². The predicted molar refractivity (Wildman–Crippen MR) is 181 cm³/mol. The highest BCUT2D eigenvalue weighted by Crippen LogP contribution is 2.40. The molecule has 1 fully saturated rings. The van der Waals surface area contributed by atoms with Gasteiger partial charge in [-0.25, -0.2) is 4.39 Å². The lowest BCUT2D eigenvalue weighted by Gasteiger charge is -2.31. The zero-order valence-corrected chi connectivity index (χ0v) is 26.5. The molecule has 0 radical (unpaired) electrons. The number of nitrogens with two attached hydrogens (primary N) is 2. The molecule has 46 heavy (non-hydrogen) atoms. The van der Waals surface area contributed by atoms with Crippen LogP contribution in [0.5, 0.6) is 0 Å². The summed E-state index contributed by atoms with van der Waals surface area (Å²) in [6.45, 7) is 10.3. The van der Waals surface area contributed by atoms with Crippen LogP contribution in [-0.4, -0.2) is 19.6 Å². The van der Waals surface area contributed by atoms with Gasteiger partial charge >= 0.3 is 6.18 Å². The van der Waals surface area contributed by atoms with Crippen LogP contribution in [0.2, 0.25) is 0 Å². The zero-order chi connectivity index (χ0) is 34.1. The first kappa shape index (κ1) is 35.8. The first-order valence-electron chi connectivity index (χ1n) is 15.0. The Labute approximate surface area is 269 Å². The molecular weight excluding hydrogens is 592 g/mol. The number of nitrogens with one attached hydrogen (secondary N) is 1. The summed E-state index contributed by atoms with van der Waals surface area (Å²) in [7, 11) is 1.68. The van der Waals surface area contributed by atoms with E-state index in [1.807, 2.05) is 61.5 Å². The van der Waals surface area contributed by atoms with Crippen molar-refractivity contribution in [1.29, 1.82) is 0 Å². The van der Waals surface area contributed by atoms with Gasteiger partial charge in [-0.05, 0) is 79.6 Å². The zero-order valence-electron chi connectivity index (χ0n) is 26.5. The van der Waals surface area contributed by atoms with Gasteiger partial charge in [0.15, 0.2) is 0 Å². The van der Waals surface area contributed by atoms with Crippen molar-refractivity contribution in [2.24, 2.45) is 17.4 Å². The summed E-state index contributed by atoms with van der Waals surface area (Å²) in [6.07, 6.45) is 5.22. The fourth-order valence-electron chi connectivity index (χ4n) is 5.00. The van der Waals surface area contributed by atoms with E-state index < -0.39 is 23.1 Å². The van der Waals surface area contributed by atoms with Gasteiger partial charge in [0.05, 0.1) is 16.8 Å². The third kappa shape index (κ3) is 9.44. The van der Waals surface area contributed by atoms with Crippen molar-refractivity contribution in [2.45, 2.75) is 51.2 Å². The maximum atomic E-state index is 13.8. The number of carbonyl (C=O) groups is 1. The molecule has 1 aliphatic rings. The molecule has 0 heterocycles. The highest BCUT2D eigenvalue weighted by molar-refractivity contribution is 5.75. The summed E-state index contributed by atoms with van der Waals surface area (Å²) in [5.41, 5.74) is 16.2. The van der Waals surface area contributed by atoms with Crippen LogP contribution in [0, 0.1) is 11.7 Å². The fraction of sp³-hybridized carbons (Fsp3) is 0.270. The van der Waals surface area contributed by atoms with E-state index in [4.69, 9.17) is 11.5 Å². The highest BCUT2D eigenvalue weighted by Gasteiger charge is 2.33. The molecule has 3 aromatic carbocycles. The minimum atomic E-state index is -4.44. The van der Waals surface area contributed by atoms with E-state index >= 15 is 0 Å².